The summed E-state index contributed by atoms with van der Waals surface area (Å²) in [5, 5.41) is 8.41. The van der Waals surface area contributed by atoms with Gasteiger partial charge in [-0.1, -0.05) is 6.58 Å². The molecule has 0 aromatic heterocycles. The second kappa shape index (κ2) is 9.03. The van der Waals surface area contributed by atoms with Gasteiger partial charge in [-0.15, -0.1) is 8.42 Å². The van der Waals surface area contributed by atoms with Gasteiger partial charge in [0, 0.05) is 18.6 Å². The lowest BCUT2D eigenvalue weighted by Gasteiger charge is -2.23. The Bertz CT molecular complexity index is 388. The van der Waals surface area contributed by atoms with Gasteiger partial charge in [0.05, 0.1) is 27.2 Å². The first kappa shape index (κ1) is 20.4. The summed E-state index contributed by atoms with van der Waals surface area (Å²) in [5.74, 6) is -0.312. The van der Waals surface area contributed by atoms with E-state index in [1.807, 2.05) is 0 Å². The third-order valence-electron chi connectivity index (χ3n) is 2.10. The number of hydrogen-bond acceptors (Lipinski definition) is 5. The van der Waals surface area contributed by atoms with E-state index in [0.29, 0.717) is 18.6 Å². The number of rotatable bonds is 6. The molecule has 0 unspecified atom stereocenters. The summed E-state index contributed by atoms with van der Waals surface area (Å²) in [4.78, 5) is 10.4. The first-order chi connectivity index (χ1) is 8.49. The minimum Gasteiger partial charge on any atom is -0.463 e. The van der Waals surface area contributed by atoms with Crippen molar-refractivity contribution in [3.05, 3.63) is 12.2 Å². The van der Waals surface area contributed by atoms with Gasteiger partial charge >= 0.3 is 16.3 Å². The van der Waals surface area contributed by atoms with Crippen LogP contribution in [0.25, 0.3) is 0 Å². The molecule has 0 heterocycles. The van der Waals surface area contributed by atoms with E-state index in [9.17, 15) is 13.2 Å². The minimum atomic E-state index is -4.05. The minimum absolute atomic E-state index is 0.0722. The number of aliphatic hydroxyl groups is 1. The molecule has 0 aromatic carbocycles. The lowest BCUT2D eigenvalue weighted by atomic mass is 10.4. The fourth-order valence-electron chi connectivity index (χ4n) is 0.821. The molecule has 19 heavy (non-hydrogen) atoms. The largest absolute Gasteiger partial charge is 0.463 e. The molecule has 7 nitrogen and oxygen atoms in total. The van der Waals surface area contributed by atoms with Gasteiger partial charge in [0.2, 0.25) is 0 Å². The number of nitrogens with zero attached hydrogens (tertiary/aromatic N) is 1. The molecular formula is C11H24NO6S+. The van der Waals surface area contributed by atoms with E-state index in [0.717, 1.165) is 0 Å². The van der Waals surface area contributed by atoms with Gasteiger partial charge in [-0.05, 0) is 13.8 Å². The van der Waals surface area contributed by atoms with E-state index in [-0.39, 0.29) is 19.1 Å². The van der Waals surface area contributed by atoms with E-state index >= 15 is 0 Å². The van der Waals surface area contributed by atoms with Crippen LogP contribution < -0.4 is 0 Å². The third kappa shape index (κ3) is 9.60. The van der Waals surface area contributed by atoms with Crippen LogP contribution in [0.1, 0.15) is 20.3 Å². The van der Waals surface area contributed by atoms with Crippen LogP contribution in [-0.2, 0) is 19.8 Å². The van der Waals surface area contributed by atoms with E-state index in [1.54, 1.807) is 13.8 Å². The number of aliphatic hydroxyl groups excluding tert-OH is 1. The van der Waals surface area contributed by atoms with Gasteiger partial charge in [-0.25, -0.2) is 9.35 Å². The lowest BCUT2D eigenvalue weighted by molar-refractivity contribution is -0.767. The topological polar surface area (TPSA) is 101 Å². The molecule has 0 saturated carbocycles. The van der Waals surface area contributed by atoms with Crippen LogP contribution in [-0.4, -0.2) is 61.8 Å². The zero-order valence-electron chi connectivity index (χ0n) is 11.9. The van der Waals surface area contributed by atoms with Crippen LogP contribution in [0.15, 0.2) is 12.2 Å². The first-order valence-electron chi connectivity index (χ1n) is 5.73. The highest BCUT2D eigenvalue weighted by molar-refractivity contribution is 7.80. The number of hydrogen-bond donors (Lipinski definition) is 2. The summed E-state index contributed by atoms with van der Waals surface area (Å²) in [5.41, 5.74) is 0.451. The SMILES string of the molecule is C=C(C)C(=O)OCC.C[N+](C)(CCCO)S(=O)(=O)O. The highest BCUT2D eigenvalue weighted by atomic mass is 32.2. The maximum atomic E-state index is 10.6. The average molecular weight is 298 g/mol. The molecule has 0 amide bonds. The Morgan fingerprint density at radius 1 is 1.37 bits per heavy atom. The van der Waals surface area contributed by atoms with Crippen molar-refractivity contribution in [3.63, 3.8) is 0 Å². The summed E-state index contributed by atoms with van der Waals surface area (Å²) < 4.78 is 33.9. The molecular weight excluding hydrogens is 274 g/mol. The number of carbonyl (C=O) groups excluding carboxylic acids is 1. The van der Waals surface area contributed by atoms with Gasteiger partial charge in [-0.3, -0.25) is 0 Å². The molecule has 114 valence electrons. The fourth-order valence-corrected chi connectivity index (χ4v) is 1.18. The normalized spacial score (nSPS) is 11.3. The summed E-state index contributed by atoms with van der Waals surface area (Å²) in [6.45, 7) is 7.34. The van der Waals surface area contributed by atoms with Crippen molar-refractivity contribution in [2.24, 2.45) is 0 Å². The van der Waals surface area contributed by atoms with Crippen molar-refractivity contribution >= 4 is 16.3 Å². The highest BCUT2D eigenvalue weighted by Gasteiger charge is 2.29. The van der Waals surface area contributed by atoms with E-state index in [4.69, 9.17) is 9.66 Å². The Balaban J connectivity index is 0. The van der Waals surface area contributed by atoms with Gasteiger partial charge in [-0.2, -0.15) is 3.89 Å². The maximum Gasteiger partial charge on any atom is 0.432 e. The van der Waals surface area contributed by atoms with Crippen molar-refractivity contribution in [1.29, 1.82) is 0 Å². The van der Waals surface area contributed by atoms with Crippen LogP contribution in [0.3, 0.4) is 0 Å². The molecule has 0 radical (unpaired) electrons. The summed E-state index contributed by atoms with van der Waals surface area (Å²) in [7, 11) is -1.32. The average Bonchev–Trinajstić information content (AvgIpc) is 2.26. The zero-order valence-corrected chi connectivity index (χ0v) is 12.7. The molecule has 0 spiro atoms. The number of quaternary nitrogens is 1. The Morgan fingerprint density at radius 3 is 2.05 bits per heavy atom. The zero-order chi connectivity index (χ0) is 15.7. The quantitative estimate of drug-likeness (QED) is 0.318. The van der Waals surface area contributed by atoms with Crippen molar-refractivity contribution in [2.45, 2.75) is 20.3 Å². The highest BCUT2D eigenvalue weighted by Crippen LogP contribution is 2.05. The number of carbonyl (C=O) groups is 1. The molecule has 0 fully saturated rings. The van der Waals surface area contributed by atoms with Crippen LogP contribution in [0.5, 0.6) is 0 Å². The van der Waals surface area contributed by atoms with Crippen molar-refractivity contribution in [2.75, 3.05) is 33.9 Å². The molecule has 0 aliphatic carbocycles. The Morgan fingerprint density at radius 2 is 1.84 bits per heavy atom. The van der Waals surface area contributed by atoms with Crippen LogP contribution >= 0.6 is 0 Å². The van der Waals surface area contributed by atoms with Crippen molar-refractivity contribution in [3.8, 4) is 0 Å². The predicted molar refractivity (Wildman–Crippen MR) is 71.7 cm³/mol. The van der Waals surface area contributed by atoms with Crippen molar-refractivity contribution < 1.29 is 31.5 Å². The Hall–Kier alpha value is -0.960. The van der Waals surface area contributed by atoms with E-state index in [2.05, 4.69) is 11.3 Å². The van der Waals surface area contributed by atoms with E-state index < -0.39 is 14.2 Å². The third-order valence-corrected chi connectivity index (χ3v) is 3.53. The van der Waals surface area contributed by atoms with Gasteiger partial charge in [0.15, 0.2) is 0 Å². The molecule has 0 bridgehead atoms. The first-order valence-corrected chi connectivity index (χ1v) is 7.13. The number of ether oxygens (including phenoxy) is 1. The smallest absolute Gasteiger partial charge is 0.432 e. The number of esters is 1. The summed E-state index contributed by atoms with van der Waals surface area (Å²) >= 11 is 0. The van der Waals surface area contributed by atoms with E-state index in [1.165, 1.54) is 14.1 Å². The molecule has 0 saturated heterocycles. The van der Waals surface area contributed by atoms with Crippen molar-refractivity contribution in [1.82, 2.24) is 0 Å². The molecule has 0 rings (SSSR count). The van der Waals surface area contributed by atoms with Gasteiger partial charge < -0.3 is 9.84 Å². The van der Waals surface area contributed by atoms with Gasteiger partial charge in [0.1, 0.15) is 0 Å². The summed E-state index contributed by atoms with van der Waals surface area (Å²) in [6.07, 6.45) is 0.354. The molecule has 0 atom stereocenters. The molecule has 0 aromatic rings. The Kier molecular flexibility index (Phi) is 9.67. The van der Waals surface area contributed by atoms with Crippen LogP contribution in [0.2, 0.25) is 0 Å². The fraction of sp³-hybridized carbons (Fsp3) is 0.727. The maximum absolute atomic E-state index is 10.6. The molecule has 8 heteroatoms. The predicted octanol–water partition coefficient (Wildman–Crippen LogP) is 0.374. The van der Waals surface area contributed by atoms with Crippen LogP contribution in [0, 0.1) is 0 Å². The van der Waals surface area contributed by atoms with Crippen LogP contribution in [0.4, 0.5) is 0 Å². The standard InChI is InChI=1S/C6H10O2.C5H13NO4S/c1-4-8-6(7)5(2)3;1-6(2,4-3-5-7)11(8,9)10/h2,4H2,1,3H3;7H,3-5H2,1-2H3/p+1. The lowest BCUT2D eigenvalue weighted by Crippen LogP contribution is -2.45. The molecule has 0 aliphatic rings. The second-order valence-electron chi connectivity index (χ2n) is 4.32. The molecule has 0 aliphatic heterocycles. The Labute approximate surface area is 115 Å². The molecule has 2 N–H and O–H groups in total. The monoisotopic (exact) mass is 298 g/mol. The van der Waals surface area contributed by atoms with Gasteiger partial charge in [0.25, 0.3) is 0 Å². The second-order valence-corrected chi connectivity index (χ2v) is 6.21. The summed E-state index contributed by atoms with van der Waals surface area (Å²) in [6, 6.07) is 0.